The molecule has 2 aliphatic carbocycles. The number of unbranched alkanes of at least 4 members (excludes halogenated alkanes) is 4. The van der Waals surface area contributed by atoms with Crippen molar-refractivity contribution in [1.82, 2.24) is 0 Å². The predicted molar refractivity (Wildman–Crippen MR) is 160 cm³/mol. The van der Waals surface area contributed by atoms with Crippen LogP contribution in [0.5, 0.6) is 0 Å². The van der Waals surface area contributed by atoms with Gasteiger partial charge in [-0.05, 0) is 61.0 Å². The van der Waals surface area contributed by atoms with Crippen LogP contribution in [0, 0.1) is 5.41 Å². The normalized spacial score (nSPS) is 18.8. The first-order valence-electron chi connectivity index (χ1n) is 15.0. The first kappa shape index (κ1) is 39.7. The van der Waals surface area contributed by atoms with Gasteiger partial charge in [-0.3, -0.25) is 5.41 Å². The van der Waals surface area contributed by atoms with Crippen molar-refractivity contribution in [3.63, 3.8) is 0 Å². The number of allylic oxidation sites excluding steroid dienone is 4. The van der Waals surface area contributed by atoms with Crippen LogP contribution in [-0.4, -0.2) is 76.6 Å². The Kier molecular flexibility index (Phi) is 11.5. The number of rotatable bonds is 10. The molecule has 270 valence electrons. The monoisotopic (exact) mass is 741 g/mol. The molecule has 0 unspecified atom stereocenters. The van der Waals surface area contributed by atoms with Gasteiger partial charge in [0.25, 0.3) is 19.7 Å². The lowest BCUT2D eigenvalue weighted by Crippen LogP contribution is -2.48. The van der Waals surface area contributed by atoms with Gasteiger partial charge in [0.05, 0.1) is 37.3 Å². The van der Waals surface area contributed by atoms with Crippen LogP contribution in [0.25, 0.3) is 11.6 Å². The summed E-state index contributed by atoms with van der Waals surface area (Å²) < 4.78 is 183. The second-order valence-electron chi connectivity index (χ2n) is 12.1. The van der Waals surface area contributed by atoms with E-state index in [9.17, 15) is 60.7 Å². The number of quaternary nitrogens is 1. The van der Waals surface area contributed by atoms with Crippen molar-refractivity contribution in [2.45, 2.75) is 81.2 Å². The number of nitrogens with one attached hydrogen (secondary N) is 1. The molecule has 1 aromatic rings. The second kappa shape index (κ2) is 13.9. The van der Waals surface area contributed by atoms with Gasteiger partial charge in [-0.15, -0.1) is 0 Å². The number of halogens is 10. The Morgan fingerprint density at radius 2 is 1.23 bits per heavy atom. The van der Waals surface area contributed by atoms with Crippen molar-refractivity contribution in [2.75, 3.05) is 26.7 Å². The lowest BCUT2D eigenvalue weighted by atomic mass is 9.95. The van der Waals surface area contributed by atoms with Crippen LogP contribution in [0.15, 0.2) is 45.7 Å². The first-order chi connectivity index (χ1) is 21.9. The van der Waals surface area contributed by atoms with Crippen molar-refractivity contribution in [3.05, 3.63) is 56.9 Å². The van der Waals surface area contributed by atoms with Gasteiger partial charge in [-0.25, -0.2) is 16.8 Å². The second-order valence-corrected chi connectivity index (χ2v) is 16.0. The average Bonchev–Trinajstić information content (AvgIpc) is 3.35. The Bertz CT molecular complexity index is 1700. The first-order valence-corrected chi connectivity index (χ1v) is 17.9. The third-order valence-corrected chi connectivity index (χ3v) is 12.2. The molecule has 1 fully saturated rings. The number of nitrogens with zero attached hydrogens (tertiary/aromatic N) is 1. The molecule has 0 aromatic heterocycles. The van der Waals surface area contributed by atoms with E-state index in [2.05, 4.69) is 14.0 Å². The molecule has 6 nitrogen and oxygen atoms in total. The standard InChI is InChI=1S/C17H7F10NO4S2.C13H28N/c18-14(19,20)16(24,25)33(29,30)11-6-9-8-4-2-1-3-7(8)5-10(9)12(28)13(11)34(31,32)17(26,27)15(21,22)23;1-3-4-5-6-8-11-14(2)12-9-7-10-13-14/h1-6,28H;3-13H2,1-2H3/q;+1. The summed E-state index contributed by atoms with van der Waals surface area (Å²) in [7, 11) is -12.3. The van der Waals surface area contributed by atoms with E-state index in [0.717, 1.165) is 12.1 Å². The molecule has 0 bridgehead atoms. The molecule has 0 amide bonds. The number of fused-ring (bicyclic) bond motifs is 3. The topological polar surface area (TPSA) is 92.1 Å². The number of alkyl halides is 10. The smallest absolute Gasteiger partial charge is 0.326 e. The fourth-order valence-corrected chi connectivity index (χ4v) is 8.81. The van der Waals surface area contributed by atoms with Gasteiger partial charge in [-0.1, -0.05) is 50.5 Å². The summed E-state index contributed by atoms with van der Waals surface area (Å²) in [4.78, 5) is -5.57. The van der Waals surface area contributed by atoms with Crippen LogP contribution in [0.3, 0.4) is 0 Å². The summed E-state index contributed by atoms with van der Waals surface area (Å²) >= 11 is 0. The zero-order chi connectivity index (χ0) is 36.6. The maximum Gasteiger partial charge on any atom is 0.469 e. The van der Waals surface area contributed by atoms with Crippen molar-refractivity contribution in [2.24, 2.45) is 0 Å². The molecular weight excluding hydrogens is 706 g/mol. The van der Waals surface area contributed by atoms with Gasteiger partial charge in [0, 0.05) is 5.57 Å². The Balaban J connectivity index is 0.000000373. The maximum atomic E-state index is 13.9. The molecule has 0 radical (unpaired) electrons. The number of benzene rings is 1. The Morgan fingerprint density at radius 3 is 1.77 bits per heavy atom. The molecule has 0 spiro atoms. The third-order valence-electron chi connectivity index (χ3n) is 8.43. The summed E-state index contributed by atoms with van der Waals surface area (Å²) in [5, 5.41) is -5.85. The fraction of sp³-hybridized carbons (Fsp3) is 0.567. The van der Waals surface area contributed by atoms with Gasteiger partial charge in [0.15, 0.2) is 0 Å². The van der Waals surface area contributed by atoms with Crippen molar-refractivity contribution >= 4 is 37.0 Å². The summed E-state index contributed by atoms with van der Waals surface area (Å²) in [6, 6.07) is 4.95. The molecule has 1 heterocycles. The van der Waals surface area contributed by atoms with Crippen LogP contribution in [-0.2, 0) is 19.7 Å². The predicted octanol–water partition coefficient (Wildman–Crippen LogP) is 8.44. The van der Waals surface area contributed by atoms with E-state index in [1.165, 1.54) is 93.7 Å². The van der Waals surface area contributed by atoms with E-state index in [4.69, 9.17) is 5.41 Å². The highest BCUT2D eigenvalue weighted by atomic mass is 32.2. The van der Waals surface area contributed by atoms with Crippen molar-refractivity contribution in [1.29, 1.82) is 5.41 Å². The fourth-order valence-electron chi connectivity index (χ4n) is 5.68. The lowest BCUT2D eigenvalue weighted by Gasteiger charge is -2.37. The Morgan fingerprint density at radius 1 is 0.708 bits per heavy atom. The molecule has 18 heteroatoms. The van der Waals surface area contributed by atoms with Gasteiger partial charge < -0.3 is 4.48 Å². The Hall–Kier alpha value is -2.73. The van der Waals surface area contributed by atoms with E-state index in [1.807, 2.05) is 0 Å². The minimum atomic E-state index is -7.40. The van der Waals surface area contributed by atoms with Crippen LogP contribution in [0.4, 0.5) is 43.9 Å². The molecule has 4 rings (SSSR count). The SMILES string of the molecule is CCCCCCC[N+]1(C)CCCCC1.N=C1C2=Cc3ccccc3C2=CC(S(=O)(=O)C(F)(F)C(F)(F)F)=C1S(=O)(=O)C(F)(F)C(F)(F)F. The van der Waals surface area contributed by atoms with Gasteiger partial charge in [-0.2, -0.15) is 43.9 Å². The van der Waals surface area contributed by atoms with E-state index in [-0.39, 0.29) is 17.2 Å². The van der Waals surface area contributed by atoms with E-state index in [0.29, 0.717) is 0 Å². The molecule has 0 saturated carbocycles. The highest BCUT2D eigenvalue weighted by Crippen LogP contribution is 2.52. The molecule has 1 aliphatic heterocycles. The maximum absolute atomic E-state index is 13.9. The summed E-state index contributed by atoms with van der Waals surface area (Å²) in [5.74, 6) is 0. The summed E-state index contributed by atoms with van der Waals surface area (Å²) in [5.41, 5.74) is -3.48. The molecule has 0 atom stereocenters. The summed E-state index contributed by atoms with van der Waals surface area (Å²) in [6.45, 7) is 6.60. The number of piperidine rings is 1. The van der Waals surface area contributed by atoms with Crippen molar-refractivity contribution < 1.29 is 65.2 Å². The molecule has 3 aliphatic rings. The zero-order valence-electron chi connectivity index (χ0n) is 25.9. The molecule has 1 saturated heterocycles. The van der Waals surface area contributed by atoms with E-state index < -0.39 is 69.2 Å². The van der Waals surface area contributed by atoms with Gasteiger partial charge >= 0.3 is 22.9 Å². The number of hydrogen-bond donors (Lipinski definition) is 1. The van der Waals surface area contributed by atoms with E-state index in [1.54, 1.807) is 0 Å². The van der Waals surface area contributed by atoms with Crippen LogP contribution < -0.4 is 0 Å². The zero-order valence-corrected chi connectivity index (χ0v) is 27.6. The largest absolute Gasteiger partial charge is 0.469 e. The minimum absolute atomic E-state index is 0.0223. The lowest BCUT2D eigenvalue weighted by molar-refractivity contribution is -0.914. The molecule has 1 N–H and O–H groups in total. The van der Waals surface area contributed by atoms with Gasteiger partial charge in [0.1, 0.15) is 4.91 Å². The quantitative estimate of drug-likeness (QED) is 0.148. The highest BCUT2D eigenvalue weighted by molar-refractivity contribution is 8.01. The van der Waals surface area contributed by atoms with Crippen LogP contribution in [0.1, 0.15) is 69.4 Å². The molecule has 48 heavy (non-hydrogen) atoms. The van der Waals surface area contributed by atoms with Crippen molar-refractivity contribution in [3.8, 4) is 0 Å². The minimum Gasteiger partial charge on any atom is -0.326 e. The average molecular weight is 742 g/mol. The molecule has 1 aromatic carbocycles. The Labute approximate surface area is 272 Å². The van der Waals surface area contributed by atoms with Crippen LogP contribution in [0.2, 0.25) is 0 Å². The van der Waals surface area contributed by atoms with Gasteiger partial charge in [0.2, 0.25) is 0 Å². The van der Waals surface area contributed by atoms with E-state index >= 15 is 0 Å². The third kappa shape index (κ3) is 7.39. The number of sulfone groups is 2. The summed E-state index contributed by atoms with van der Waals surface area (Å²) in [6.07, 6.45) is -1.65. The molecular formula is C30H35F10N2O4S2+. The van der Waals surface area contributed by atoms with Crippen LogP contribution >= 0.6 is 0 Å². The highest BCUT2D eigenvalue weighted by Gasteiger charge is 2.72. The number of likely N-dealkylation sites (tertiary alicyclic amines) is 1. The number of hydrogen-bond acceptors (Lipinski definition) is 5.